The number of alkyl halides is 3. The zero-order valence-electron chi connectivity index (χ0n) is 23.8. The summed E-state index contributed by atoms with van der Waals surface area (Å²) in [4.78, 5) is 31.7. The van der Waals surface area contributed by atoms with Crippen molar-refractivity contribution in [2.75, 3.05) is 13.7 Å². The van der Waals surface area contributed by atoms with Gasteiger partial charge in [-0.05, 0) is 73.5 Å². The molecule has 0 saturated carbocycles. The molecule has 44 heavy (non-hydrogen) atoms. The van der Waals surface area contributed by atoms with Gasteiger partial charge in [0.1, 0.15) is 23.9 Å². The van der Waals surface area contributed by atoms with Crippen LogP contribution in [0.3, 0.4) is 0 Å². The van der Waals surface area contributed by atoms with Gasteiger partial charge in [0, 0.05) is 5.56 Å². The molecule has 4 aromatic rings. The van der Waals surface area contributed by atoms with Crippen molar-refractivity contribution in [1.29, 1.82) is 0 Å². The Bertz CT molecular complexity index is 1930. The monoisotopic (exact) mass is 626 g/mol. The molecule has 0 N–H and O–H groups in total. The Labute approximate surface area is 253 Å². The van der Waals surface area contributed by atoms with Crippen LogP contribution in [0.25, 0.3) is 6.08 Å². The highest BCUT2D eigenvalue weighted by Gasteiger charge is 2.33. The summed E-state index contributed by atoms with van der Waals surface area (Å²) in [7, 11) is 1.46. The summed E-state index contributed by atoms with van der Waals surface area (Å²) in [5.74, 6) is -0.611. The zero-order chi connectivity index (χ0) is 31.6. The normalized spacial score (nSPS) is 15.1. The van der Waals surface area contributed by atoms with Crippen molar-refractivity contribution in [3.05, 3.63) is 126 Å². The third kappa shape index (κ3) is 6.30. The lowest BCUT2D eigenvalue weighted by Gasteiger charge is -2.24. The third-order valence-electron chi connectivity index (χ3n) is 6.86. The average molecular weight is 627 g/mol. The number of halogens is 4. The molecule has 0 aliphatic carbocycles. The number of carbonyl (C=O) groups is 1. The Morgan fingerprint density at radius 1 is 1.09 bits per heavy atom. The lowest BCUT2D eigenvalue weighted by Crippen LogP contribution is -2.39. The maximum absolute atomic E-state index is 13.8. The van der Waals surface area contributed by atoms with Crippen LogP contribution in [-0.2, 0) is 22.3 Å². The van der Waals surface area contributed by atoms with Crippen LogP contribution in [0.15, 0.2) is 87.8 Å². The lowest BCUT2D eigenvalue weighted by atomic mass is 9.96. The minimum atomic E-state index is -4.51. The Kier molecular flexibility index (Phi) is 8.73. The van der Waals surface area contributed by atoms with Gasteiger partial charge in [0.05, 0.1) is 41.1 Å². The van der Waals surface area contributed by atoms with Gasteiger partial charge in [-0.3, -0.25) is 9.36 Å². The first kappa shape index (κ1) is 30.7. The first-order valence-corrected chi connectivity index (χ1v) is 14.2. The molecule has 0 fully saturated rings. The standard InChI is InChI=1S/C32H26F4N2O5S/c1-4-42-30(40)27-18(2)37-31-38(28(27)20-9-11-23(33)12-10-20)29(39)26(44-31)15-19-8-13-25(41-3)21(14-19)17-43-24-7-5-6-22(16-24)32(34,35)36/h5-16,28H,4,17H2,1-3H3/b26-15-/t28-/m1/s1. The minimum absolute atomic E-state index is 0.0363. The SMILES string of the molecule is CCOC(=O)C1=C(C)N=c2s/c(=C\c3ccc(OC)c(COc4cccc(C(F)(F)F)c4)c3)c(=O)n2[C@@H]1c1ccc(F)cc1. The van der Waals surface area contributed by atoms with Crippen molar-refractivity contribution in [1.82, 2.24) is 4.57 Å². The fourth-order valence-corrected chi connectivity index (χ4v) is 5.87. The van der Waals surface area contributed by atoms with Crippen molar-refractivity contribution < 1.29 is 36.6 Å². The fraction of sp³-hybridized carbons (Fsp3) is 0.219. The number of thiazole rings is 1. The number of esters is 1. The Morgan fingerprint density at radius 3 is 2.52 bits per heavy atom. The number of rotatable bonds is 8. The molecule has 3 aromatic carbocycles. The van der Waals surface area contributed by atoms with Crippen molar-refractivity contribution >= 4 is 23.4 Å². The van der Waals surface area contributed by atoms with Crippen molar-refractivity contribution in [2.24, 2.45) is 4.99 Å². The molecule has 0 bridgehead atoms. The molecule has 1 aliphatic heterocycles. The van der Waals surface area contributed by atoms with Gasteiger partial charge >= 0.3 is 12.1 Å². The highest BCUT2D eigenvalue weighted by molar-refractivity contribution is 7.07. The van der Waals surface area contributed by atoms with Gasteiger partial charge in [-0.1, -0.05) is 35.6 Å². The van der Waals surface area contributed by atoms with Crippen LogP contribution in [0.5, 0.6) is 11.5 Å². The number of carbonyl (C=O) groups excluding carboxylic acids is 1. The molecule has 2 heterocycles. The fourth-order valence-electron chi connectivity index (χ4n) is 4.83. The second-order valence-electron chi connectivity index (χ2n) is 9.74. The molecule has 5 rings (SSSR count). The number of ether oxygens (including phenoxy) is 3. The van der Waals surface area contributed by atoms with E-state index in [4.69, 9.17) is 14.2 Å². The Morgan fingerprint density at radius 2 is 1.84 bits per heavy atom. The van der Waals surface area contributed by atoms with E-state index in [1.165, 1.54) is 48.1 Å². The van der Waals surface area contributed by atoms with E-state index < -0.39 is 35.1 Å². The number of benzene rings is 3. The predicted octanol–water partition coefficient (Wildman–Crippen LogP) is 5.54. The van der Waals surface area contributed by atoms with Crippen LogP contribution in [0.4, 0.5) is 17.6 Å². The van der Waals surface area contributed by atoms with Gasteiger partial charge in [0.15, 0.2) is 4.80 Å². The smallest absolute Gasteiger partial charge is 0.416 e. The van der Waals surface area contributed by atoms with Crippen molar-refractivity contribution in [3.63, 3.8) is 0 Å². The summed E-state index contributed by atoms with van der Waals surface area (Å²) in [6.45, 7) is 3.34. The van der Waals surface area contributed by atoms with Crippen molar-refractivity contribution in [3.8, 4) is 11.5 Å². The van der Waals surface area contributed by atoms with E-state index in [9.17, 15) is 27.2 Å². The lowest BCUT2D eigenvalue weighted by molar-refractivity contribution is -0.139. The van der Waals surface area contributed by atoms with Gasteiger partial charge in [-0.15, -0.1) is 0 Å². The number of methoxy groups -OCH3 is 1. The average Bonchev–Trinajstić information content (AvgIpc) is 3.29. The molecule has 1 aromatic heterocycles. The maximum atomic E-state index is 13.8. The van der Waals surface area contributed by atoms with Crippen LogP contribution in [-0.4, -0.2) is 24.3 Å². The van der Waals surface area contributed by atoms with E-state index in [0.717, 1.165) is 23.5 Å². The summed E-state index contributed by atoms with van der Waals surface area (Å²) < 4.78 is 71.2. The molecule has 228 valence electrons. The summed E-state index contributed by atoms with van der Waals surface area (Å²) in [6, 6.07) is 14.3. The number of hydrogen-bond acceptors (Lipinski definition) is 7. The summed E-state index contributed by atoms with van der Waals surface area (Å²) in [5.41, 5.74) is 0.950. The predicted molar refractivity (Wildman–Crippen MR) is 156 cm³/mol. The molecule has 7 nitrogen and oxygen atoms in total. The number of nitrogens with zero attached hydrogens (tertiary/aromatic N) is 2. The molecular weight excluding hydrogens is 600 g/mol. The number of hydrogen-bond donors (Lipinski definition) is 0. The highest BCUT2D eigenvalue weighted by Crippen LogP contribution is 2.33. The number of fused-ring (bicyclic) bond motifs is 1. The highest BCUT2D eigenvalue weighted by atomic mass is 32.1. The molecule has 0 spiro atoms. The van der Waals surface area contributed by atoms with E-state index in [1.807, 2.05) is 0 Å². The van der Waals surface area contributed by atoms with Crippen LogP contribution in [0.2, 0.25) is 0 Å². The molecule has 1 aliphatic rings. The first-order chi connectivity index (χ1) is 21.0. The van der Waals surface area contributed by atoms with Gasteiger partial charge in [0.2, 0.25) is 0 Å². The van der Waals surface area contributed by atoms with Crippen LogP contribution in [0, 0.1) is 5.82 Å². The molecule has 0 unspecified atom stereocenters. The quantitative estimate of drug-likeness (QED) is 0.190. The molecule has 0 saturated heterocycles. The maximum Gasteiger partial charge on any atom is 0.416 e. The Balaban J connectivity index is 1.54. The van der Waals surface area contributed by atoms with Crippen LogP contribution < -0.4 is 24.4 Å². The van der Waals surface area contributed by atoms with E-state index in [2.05, 4.69) is 4.99 Å². The van der Waals surface area contributed by atoms with Crippen LogP contribution in [0.1, 0.15) is 42.1 Å². The van der Waals surface area contributed by atoms with Gasteiger partial charge in [-0.2, -0.15) is 13.2 Å². The molecule has 12 heteroatoms. The minimum Gasteiger partial charge on any atom is -0.496 e. The topological polar surface area (TPSA) is 79.1 Å². The van der Waals surface area contributed by atoms with Crippen LogP contribution >= 0.6 is 11.3 Å². The summed E-state index contributed by atoms with van der Waals surface area (Å²) >= 11 is 1.12. The second kappa shape index (κ2) is 12.5. The molecule has 1 atom stereocenters. The molecule has 0 radical (unpaired) electrons. The summed E-state index contributed by atoms with van der Waals surface area (Å²) in [5, 5.41) is 0. The largest absolute Gasteiger partial charge is 0.496 e. The van der Waals surface area contributed by atoms with Gasteiger partial charge < -0.3 is 14.2 Å². The molecule has 0 amide bonds. The number of aromatic nitrogens is 1. The number of allylic oxidation sites excluding steroid dienone is 1. The van der Waals surface area contributed by atoms with E-state index in [0.29, 0.717) is 37.5 Å². The molecular formula is C32H26F4N2O5S. The van der Waals surface area contributed by atoms with E-state index >= 15 is 0 Å². The van der Waals surface area contributed by atoms with Gasteiger partial charge in [0.25, 0.3) is 5.56 Å². The van der Waals surface area contributed by atoms with Crippen molar-refractivity contribution in [2.45, 2.75) is 32.7 Å². The first-order valence-electron chi connectivity index (χ1n) is 13.4. The van der Waals surface area contributed by atoms with E-state index in [-0.39, 0.29) is 24.5 Å². The second-order valence-corrected chi connectivity index (χ2v) is 10.7. The zero-order valence-corrected chi connectivity index (χ0v) is 24.6. The third-order valence-corrected chi connectivity index (χ3v) is 7.84. The van der Waals surface area contributed by atoms with E-state index in [1.54, 1.807) is 38.1 Å². The summed E-state index contributed by atoms with van der Waals surface area (Å²) in [6.07, 6.45) is -2.87. The van der Waals surface area contributed by atoms with Gasteiger partial charge in [-0.25, -0.2) is 14.2 Å². The Hall–Kier alpha value is -4.71.